The second-order valence-electron chi connectivity index (χ2n) is 5.14. The maximum absolute atomic E-state index is 13.2. The predicted octanol–water partition coefficient (Wildman–Crippen LogP) is 3.08. The van der Waals surface area contributed by atoms with Gasteiger partial charge in [-0.1, -0.05) is 6.07 Å². The number of thiazole rings is 1. The number of rotatable bonds is 5. The minimum Gasteiger partial charge on any atom is -0.325 e. The number of aryl methyl sites for hydroxylation is 1. The first-order chi connectivity index (χ1) is 11.5. The Kier molecular flexibility index (Phi) is 4.96. The molecule has 124 valence electrons. The van der Waals surface area contributed by atoms with Gasteiger partial charge in [0, 0.05) is 29.1 Å². The third-order valence-corrected chi connectivity index (χ3v) is 5.04. The number of fused-ring (bicyclic) bond motifs is 1. The van der Waals surface area contributed by atoms with Crippen LogP contribution in [0.2, 0.25) is 0 Å². The number of benzene rings is 1. The predicted molar refractivity (Wildman–Crippen MR) is 95.3 cm³/mol. The van der Waals surface area contributed by atoms with Gasteiger partial charge in [-0.3, -0.25) is 14.0 Å². The summed E-state index contributed by atoms with van der Waals surface area (Å²) in [6.45, 7) is 1.80. The number of carbonyl (C=O) groups excluding carboxylic acids is 1. The first-order valence-electron chi connectivity index (χ1n) is 7.12. The molecule has 0 saturated heterocycles. The van der Waals surface area contributed by atoms with E-state index < -0.39 is 5.82 Å². The van der Waals surface area contributed by atoms with Crippen molar-refractivity contribution in [2.24, 2.45) is 0 Å². The fourth-order valence-electron chi connectivity index (χ4n) is 2.13. The van der Waals surface area contributed by atoms with E-state index in [1.807, 2.05) is 0 Å². The molecule has 3 rings (SSSR count). The molecule has 0 saturated carbocycles. The van der Waals surface area contributed by atoms with E-state index in [4.69, 9.17) is 0 Å². The van der Waals surface area contributed by atoms with Crippen molar-refractivity contribution in [3.8, 4) is 0 Å². The first-order valence-corrected chi connectivity index (χ1v) is 9.16. The van der Waals surface area contributed by atoms with E-state index in [9.17, 15) is 14.0 Å². The van der Waals surface area contributed by atoms with Crippen LogP contribution in [0.5, 0.6) is 0 Å². The van der Waals surface area contributed by atoms with Crippen LogP contribution in [0.25, 0.3) is 4.96 Å². The number of nitrogens with zero attached hydrogens (tertiary/aromatic N) is 2. The third kappa shape index (κ3) is 3.82. The summed E-state index contributed by atoms with van der Waals surface area (Å²) < 4.78 is 14.7. The van der Waals surface area contributed by atoms with Gasteiger partial charge in [0.05, 0.1) is 11.4 Å². The molecule has 0 spiro atoms. The lowest BCUT2D eigenvalue weighted by molar-refractivity contribution is -0.113. The summed E-state index contributed by atoms with van der Waals surface area (Å²) in [5, 5.41) is 4.49. The Bertz CT molecular complexity index is 952. The van der Waals surface area contributed by atoms with Gasteiger partial charge < -0.3 is 5.32 Å². The number of amides is 1. The number of aromatic nitrogens is 2. The van der Waals surface area contributed by atoms with Gasteiger partial charge in [0.2, 0.25) is 5.91 Å². The maximum atomic E-state index is 13.2. The number of thioether (sulfide) groups is 1. The zero-order valence-electron chi connectivity index (χ0n) is 12.8. The molecule has 1 N–H and O–H groups in total. The minimum atomic E-state index is -0.391. The molecule has 0 radical (unpaired) electrons. The molecule has 1 amide bonds. The van der Waals surface area contributed by atoms with Crippen molar-refractivity contribution in [3.05, 3.63) is 63.3 Å². The molecular weight excluding hydrogens is 349 g/mol. The SMILES string of the molecule is Cc1ccc(F)cc1NC(=O)CSCc1cc(=O)n2ccsc2n1. The number of carbonyl (C=O) groups is 1. The second kappa shape index (κ2) is 7.14. The maximum Gasteiger partial charge on any atom is 0.258 e. The molecule has 0 aliphatic heterocycles. The van der Waals surface area contributed by atoms with Crippen LogP contribution in [0.3, 0.4) is 0 Å². The average Bonchev–Trinajstić information content (AvgIpc) is 3.00. The molecule has 0 aliphatic carbocycles. The number of hydrogen-bond acceptors (Lipinski definition) is 5. The summed E-state index contributed by atoms with van der Waals surface area (Å²) in [7, 11) is 0. The van der Waals surface area contributed by atoms with E-state index in [0.29, 0.717) is 22.1 Å². The van der Waals surface area contributed by atoms with Crippen molar-refractivity contribution in [2.45, 2.75) is 12.7 Å². The molecule has 3 aromatic rings. The molecule has 5 nitrogen and oxygen atoms in total. The van der Waals surface area contributed by atoms with E-state index in [1.54, 1.807) is 24.6 Å². The first kappa shape index (κ1) is 16.7. The van der Waals surface area contributed by atoms with E-state index in [-0.39, 0.29) is 17.2 Å². The van der Waals surface area contributed by atoms with Gasteiger partial charge in [-0.2, -0.15) is 0 Å². The zero-order chi connectivity index (χ0) is 17.1. The molecular formula is C16H14FN3O2S2. The molecule has 0 atom stereocenters. The Balaban J connectivity index is 1.58. The lowest BCUT2D eigenvalue weighted by atomic mass is 10.2. The van der Waals surface area contributed by atoms with E-state index in [1.165, 1.54) is 45.7 Å². The highest BCUT2D eigenvalue weighted by molar-refractivity contribution is 7.99. The quantitative estimate of drug-likeness (QED) is 0.757. The van der Waals surface area contributed by atoms with Crippen molar-refractivity contribution in [3.63, 3.8) is 0 Å². The van der Waals surface area contributed by atoms with Crippen LogP contribution in [0, 0.1) is 12.7 Å². The summed E-state index contributed by atoms with van der Waals surface area (Å²) in [5.41, 5.74) is 1.78. The Morgan fingerprint density at radius 3 is 3.08 bits per heavy atom. The van der Waals surface area contributed by atoms with Crippen LogP contribution in [0.15, 0.2) is 40.6 Å². The van der Waals surface area contributed by atoms with E-state index in [0.717, 1.165) is 5.56 Å². The van der Waals surface area contributed by atoms with Crippen LogP contribution in [-0.2, 0) is 10.5 Å². The lowest BCUT2D eigenvalue weighted by Gasteiger charge is -2.08. The number of hydrogen-bond donors (Lipinski definition) is 1. The fraction of sp³-hybridized carbons (Fsp3) is 0.188. The topological polar surface area (TPSA) is 63.5 Å². The molecule has 8 heteroatoms. The molecule has 0 fully saturated rings. The van der Waals surface area contributed by atoms with E-state index in [2.05, 4.69) is 10.3 Å². The number of anilines is 1. The Hall–Kier alpha value is -2.19. The lowest BCUT2D eigenvalue weighted by Crippen LogP contribution is -2.16. The molecule has 24 heavy (non-hydrogen) atoms. The number of nitrogens with one attached hydrogen (secondary N) is 1. The molecule has 2 aromatic heterocycles. The highest BCUT2D eigenvalue weighted by Gasteiger charge is 2.08. The van der Waals surface area contributed by atoms with Crippen molar-refractivity contribution < 1.29 is 9.18 Å². The van der Waals surface area contributed by atoms with Gasteiger partial charge >= 0.3 is 0 Å². The van der Waals surface area contributed by atoms with Crippen LogP contribution in [-0.4, -0.2) is 21.0 Å². The Labute approximate surface area is 145 Å². The van der Waals surface area contributed by atoms with Crippen molar-refractivity contribution >= 4 is 39.7 Å². The van der Waals surface area contributed by atoms with Crippen LogP contribution < -0.4 is 10.9 Å². The van der Waals surface area contributed by atoms with Gasteiger partial charge in [0.1, 0.15) is 5.82 Å². The monoisotopic (exact) mass is 363 g/mol. The fourth-order valence-corrected chi connectivity index (χ4v) is 3.58. The summed E-state index contributed by atoms with van der Waals surface area (Å²) >= 11 is 2.74. The summed E-state index contributed by atoms with van der Waals surface area (Å²) in [5.74, 6) is 0.0424. The highest BCUT2D eigenvalue weighted by atomic mass is 32.2. The molecule has 2 heterocycles. The molecule has 0 unspecified atom stereocenters. The molecule has 0 bridgehead atoms. The van der Waals surface area contributed by atoms with Gasteiger partial charge in [-0.05, 0) is 24.6 Å². The summed E-state index contributed by atoms with van der Waals surface area (Å²) in [4.78, 5) is 28.9. The second-order valence-corrected chi connectivity index (χ2v) is 7.00. The Morgan fingerprint density at radius 1 is 1.42 bits per heavy atom. The van der Waals surface area contributed by atoms with Crippen LogP contribution >= 0.6 is 23.1 Å². The van der Waals surface area contributed by atoms with Gasteiger partial charge in [-0.25, -0.2) is 9.37 Å². The molecule has 1 aromatic carbocycles. The number of halogens is 1. The minimum absolute atomic E-state index is 0.128. The molecule has 0 aliphatic rings. The smallest absolute Gasteiger partial charge is 0.258 e. The van der Waals surface area contributed by atoms with Crippen LogP contribution in [0.4, 0.5) is 10.1 Å². The summed E-state index contributed by atoms with van der Waals surface area (Å²) in [6, 6.07) is 5.74. The van der Waals surface area contributed by atoms with E-state index >= 15 is 0 Å². The van der Waals surface area contributed by atoms with Crippen molar-refractivity contribution in [1.82, 2.24) is 9.38 Å². The van der Waals surface area contributed by atoms with Crippen molar-refractivity contribution in [2.75, 3.05) is 11.1 Å². The highest BCUT2D eigenvalue weighted by Crippen LogP contribution is 2.17. The Morgan fingerprint density at radius 2 is 2.25 bits per heavy atom. The normalized spacial score (nSPS) is 10.9. The summed E-state index contributed by atoms with van der Waals surface area (Å²) in [6.07, 6.45) is 1.68. The third-order valence-electron chi connectivity index (χ3n) is 3.31. The van der Waals surface area contributed by atoms with Gasteiger partial charge in [-0.15, -0.1) is 23.1 Å². The van der Waals surface area contributed by atoms with Gasteiger partial charge in [0.25, 0.3) is 5.56 Å². The van der Waals surface area contributed by atoms with Crippen molar-refractivity contribution in [1.29, 1.82) is 0 Å². The average molecular weight is 363 g/mol. The van der Waals surface area contributed by atoms with Gasteiger partial charge in [0.15, 0.2) is 4.96 Å². The zero-order valence-corrected chi connectivity index (χ0v) is 14.4. The standard InChI is InChI=1S/C16H14FN3O2S2/c1-10-2-3-11(17)6-13(10)19-14(21)9-23-8-12-7-15(22)20-4-5-24-16(20)18-12/h2-7H,8-9H2,1H3,(H,19,21). The largest absolute Gasteiger partial charge is 0.325 e. The van der Waals surface area contributed by atoms with Crippen LogP contribution in [0.1, 0.15) is 11.3 Å².